The molecule has 1 aromatic heterocycles. The molecule has 7 heteroatoms. The van der Waals surface area contributed by atoms with Crippen LogP contribution in [-0.4, -0.2) is 79.2 Å². The minimum atomic E-state index is -0.430. The molecule has 0 saturated carbocycles. The largest absolute Gasteiger partial charge is 0.379 e. The third kappa shape index (κ3) is 3.77. The Bertz CT molecular complexity index is 630. The van der Waals surface area contributed by atoms with Crippen LogP contribution in [-0.2, 0) is 15.1 Å². The molecule has 2 saturated heterocycles. The van der Waals surface area contributed by atoms with E-state index in [1.807, 2.05) is 36.9 Å². The van der Waals surface area contributed by atoms with Gasteiger partial charge in [0, 0.05) is 45.5 Å². The molecule has 0 aromatic carbocycles. The van der Waals surface area contributed by atoms with Gasteiger partial charge in [-0.1, -0.05) is 0 Å². The first-order chi connectivity index (χ1) is 11.9. The third-order valence-corrected chi connectivity index (χ3v) is 5.19. The number of hydrogen-bond donors (Lipinski definition) is 0. The van der Waals surface area contributed by atoms with Gasteiger partial charge in [0.15, 0.2) is 5.82 Å². The van der Waals surface area contributed by atoms with E-state index in [0.717, 1.165) is 49.8 Å². The van der Waals surface area contributed by atoms with Crippen LogP contribution in [0.2, 0.25) is 0 Å². The minimum absolute atomic E-state index is 0.165. The number of aromatic nitrogens is 2. The number of anilines is 1. The van der Waals surface area contributed by atoms with E-state index < -0.39 is 5.54 Å². The Morgan fingerprint density at radius 1 is 1.28 bits per heavy atom. The maximum absolute atomic E-state index is 13.0. The highest BCUT2D eigenvalue weighted by molar-refractivity contribution is 5.79. The van der Waals surface area contributed by atoms with E-state index in [9.17, 15) is 4.79 Å². The third-order valence-electron chi connectivity index (χ3n) is 5.19. The highest BCUT2D eigenvalue weighted by atomic mass is 16.5. The standard InChI is InChI=1S/C18H29N5O2/c1-14-12-15(21(3)4)20-17(19-14)18(2)6-5-7-23(18)16(24)13-22-8-10-25-11-9-22/h12H,5-11,13H2,1-4H3. The molecule has 0 spiro atoms. The fourth-order valence-electron chi connectivity index (χ4n) is 3.65. The first kappa shape index (κ1) is 18.1. The van der Waals surface area contributed by atoms with Crippen LogP contribution in [0.25, 0.3) is 0 Å². The van der Waals surface area contributed by atoms with Crippen molar-refractivity contribution in [2.24, 2.45) is 0 Å². The first-order valence-corrected chi connectivity index (χ1v) is 9.04. The number of nitrogens with zero attached hydrogens (tertiary/aromatic N) is 5. The highest BCUT2D eigenvalue weighted by Gasteiger charge is 2.43. The molecule has 0 N–H and O–H groups in total. The number of rotatable bonds is 4. The Morgan fingerprint density at radius 2 is 2.00 bits per heavy atom. The van der Waals surface area contributed by atoms with E-state index >= 15 is 0 Å². The van der Waals surface area contributed by atoms with E-state index in [-0.39, 0.29) is 5.91 Å². The summed E-state index contributed by atoms with van der Waals surface area (Å²) < 4.78 is 5.37. The van der Waals surface area contributed by atoms with Crippen molar-refractivity contribution >= 4 is 11.7 Å². The van der Waals surface area contributed by atoms with Crippen molar-refractivity contribution in [2.45, 2.75) is 32.2 Å². The van der Waals surface area contributed by atoms with Crippen LogP contribution in [0.15, 0.2) is 6.07 Å². The van der Waals surface area contributed by atoms with Gasteiger partial charge in [0.05, 0.1) is 25.3 Å². The summed E-state index contributed by atoms with van der Waals surface area (Å²) in [6, 6.07) is 1.97. The van der Waals surface area contributed by atoms with Gasteiger partial charge in [0.2, 0.25) is 5.91 Å². The summed E-state index contributed by atoms with van der Waals surface area (Å²) >= 11 is 0. The number of hydrogen-bond acceptors (Lipinski definition) is 6. The molecule has 25 heavy (non-hydrogen) atoms. The number of likely N-dealkylation sites (tertiary alicyclic amines) is 1. The van der Waals surface area contributed by atoms with Crippen LogP contribution in [0.5, 0.6) is 0 Å². The lowest BCUT2D eigenvalue weighted by atomic mass is 9.97. The van der Waals surface area contributed by atoms with Crippen molar-refractivity contribution in [3.05, 3.63) is 17.6 Å². The molecular formula is C18H29N5O2. The Balaban J connectivity index is 1.82. The molecule has 3 heterocycles. The number of amides is 1. The van der Waals surface area contributed by atoms with Gasteiger partial charge in [0.25, 0.3) is 0 Å². The fourth-order valence-corrected chi connectivity index (χ4v) is 3.65. The molecule has 0 aliphatic carbocycles. The minimum Gasteiger partial charge on any atom is -0.379 e. The highest BCUT2D eigenvalue weighted by Crippen LogP contribution is 2.37. The number of carbonyl (C=O) groups excluding carboxylic acids is 1. The van der Waals surface area contributed by atoms with Crippen molar-refractivity contribution in [3.63, 3.8) is 0 Å². The van der Waals surface area contributed by atoms with E-state index in [1.165, 1.54) is 0 Å². The lowest BCUT2D eigenvalue weighted by Gasteiger charge is -2.36. The zero-order chi connectivity index (χ0) is 18.0. The van der Waals surface area contributed by atoms with E-state index in [2.05, 4.69) is 16.8 Å². The summed E-state index contributed by atoms with van der Waals surface area (Å²) in [4.78, 5) is 28.6. The topological polar surface area (TPSA) is 61.8 Å². The quantitative estimate of drug-likeness (QED) is 0.810. The zero-order valence-electron chi connectivity index (χ0n) is 15.8. The molecule has 138 valence electrons. The lowest BCUT2D eigenvalue weighted by molar-refractivity contribution is -0.137. The van der Waals surface area contributed by atoms with Crippen molar-refractivity contribution in [1.82, 2.24) is 19.8 Å². The van der Waals surface area contributed by atoms with Crippen molar-refractivity contribution in [2.75, 3.05) is 58.4 Å². The van der Waals surface area contributed by atoms with E-state index in [4.69, 9.17) is 9.72 Å². The molecule has 1 aromatic rings. The van der Waals surface area contributed by atoms with E-state index in [0.29, 0.717) is 19.8 Å². The van der Waals surface area contributed by atoms with Crippen LogP contribution >= 0.6 is 0 Å². The fraction of sp³-hybridized carbons (Fsp3) is 0.722. The first-order valence-electron chi connectivity index (χ1n) is 9.04. The average Bonchev–Trinajstić information content (AvgIpc) is 2.98. The average molecular weight is 347 g/mol. The summed E-state index contributed by atoms with van der Waals surface area (Å²) in [5, 5.41) is 0. The van der Waals surface area contributed by atoms with Crippen molar-refractivity contribution in [1.29, 1.82) is 0 Å². The van der Waals surface area contributed by atoms with Gasteiger partial charge in [-0.05, 0) is 26.7 Å². The molecule has 2 fully saturated rings. The van der Waals surface area contributed by atoms with Gasteiger partial charge < -0.3 is 14.5 Å². The number of carbonyl (C=O) groups is 1. The Hall–Kier alpha value is -1.73. The predicted octanol–water partition coefficient (Wildman–Crippen LogP) is 1.02. The number of ether oxygens (including phenoxy) is 1. The normalized spacial score (nSPS) is 24.6. The summed E-state index contributed by atoms with van der Waals surface area (Å²) in [5.41, 5.74) is 0.502. The molecule has 0 bridgehead atoms. The van der Waals surface area contributed by atoms with Crippen molar-refractivity contribution in [3.8, 4) is 0 Å². The smallest absolute Gasteiger partial charge is 0.237 e. The molecule has 1 unspecified atom stereocenters. The number of morpholine rings is 1. The van der Waals surface area contributed by atoms with Gasteiger partial charge in [-0.2, -0.15) is 0 Å². The Morgan fingerprint density at radius 3 is 2.68 bits per heavy atom. The van der Waals surface area contributed by atoms with Crippen LogP contribution in [0.1, 0.15) is 31.3 Å². The predicted molar refractivity (Wildman–Crippen MR) is 96.7 cm³/mol. The van der Waals surface area contributed by atoms with E-state index in [1.54, 1.807) is 0 Å². The van der Waals surface area contributed by atoms with Gasteiger partial charge in [-0.25, -0.2) is 9.97 Å². The maximum Gasteiger partial charge on any atom is 0.237 e. The number of aryl methyl sites for hydroxylation is 1. The monoisotopic (exact) mass is 347 g/mol. The molecule has 1 atom stereocenters. The molecule has 2 aliphatic heterocycles. The molecule has 0 radical (unpaired) electrons. The second-order valence-electron chi connectivity index (χ2n) is 7.40. The Kier molecular flexibility index (Phi) is 5.24. The summed E-state index contributed by atoms with van der Waals surface area (Å²) in [7, 11) is 3.95. The molecule has 1 amide bonds. The summed E-state index contributed by atoms with van der Waals surface area (Å²) in [6.45, 7) is 8.36. The maximum atomic E-state index is 13.0. The summed E-state index contributed by atoms with van der Waals surface area (Å²) in [6.07, 6.45) is 1.89. The van der Waals surface area contributed by atoms with Gasteiger partial charge in [-0.15, -0.1) is 0 Å². The molecule has 2 aliphatic rings. The SMILES string of the molecule is Cc1cc(N(C)C)nc(C2(C)CCCN2C(=O)CN2CCOCC2)n1. The van der Waals surface area contributed by atoms with Crippen molar-refractivity contribution < 1.29 is 9.53 Å². The summed E-state index contributed by atoms with van der Waals surface area (Å²) in [5.74, 6) is 1.80. The molecule has 7 nitrogen and oxygen atoms in total. The molecular weight excluding hydrogens is 318 g/mol. The van der Waals surface area contributed by atoms with Crippen LogP contribution in [0.3, 0.4) is 0 Å². The van der Waals surface area contributed by atoms with Crippen LogP contribution in [0, 0.1) is 6.92 Å². The van der Waals surface area contributed by atoms with Crippen LogP contribution < -0.4 is 4.90 Å². The van der Waals surface area contributed by atoms with Gasteiger partial charge in [0.1, 0.15) is 5.82 Å². The second-order valence-corrected chi connectivity index (χ2v) is 7.40. The van der Waals surface area contributed by atoms with Crippen LogP contribution in [0.4, 0.5) is 5.82 Å². The lowest BCUT2D eigenvalue weighted by Crippen LogP contribution is -2.50. The molecule has 3 rings (SSSR count). The zero-order valence-corrected chi connectivity index (χ0v) is 15.8. The second kappa shape index (κ2) is 7.25. The van der Waals surface area contributed by atoms with Gasteiger partial charge >= 0.3 is 0 Å². The Labute approximate surface area is 150 Å². The van der Waals surface area contributed by atoms with Gasteiger partial charge in [-0.3, -0.25) is 9.69 Å².